The van der Waals surface area contributed by atoms with E-state index in [1.807, 2.05) is 0 Å². The zero-order valence-corrected chi connectivity index (χ0v) is 11.8. The number of hydrogen-bond acceptors (Lipinski definition) is 5. The smallest absolute Gasteiger partial charge is 0.336 e. The molecule has 7 heteroatoms. The Labute approximate surface area is 124 Å². The monoisotopic (exact) mass is 305 g/mol. The van der Waals surface area contributed by atoms with Crippen molar-refractivity contribution in [2.24, 2.45) is 0 Å². The van der Waals surface area contributed by atoms with Gasteiger partial charge in [-0.15, -0.1) is 0 Å². The molecule has 0 amide bonds. The van der Waals surface area contributed by atoms with Crippen LogP contribution >= 0.6 is 11.8 Å². The van der Waals surface area contributed by atoms with E-state index in [9.17, 15) is 20.0 Å². The third-order valence-corrected chi connectivity index (χ3v) is 3.76. The number of aromatic carboxylic acids is 1. The summed E-state index contributed by atoms with van der Waals surface area (Å²) in [4.78, 5) is 22.5. The number of hydrogen-bond donors (Lipinski definition) is 1. The number of rotatable bonds is 5. The van der Waals surface area contributed by atoms with Crippen molar-refractivity contribution >= 4 is 23.4 Å². The van der Waals surface area contributed by atoms with Crippen LogP contribution in [0.1, 0.15) is 10.4 Å². The Morgan fingerprint density at radius 1 is 1.24 bits per heavy atom. The molecule has 0 bridgehead atoms. The average Bonchev–Trinajstić information content (AvgIpc) is 2.47. The van der Waals surface area contributed by atoms with Crippen molar-refractivity contribution in [3.05, 3.63) is 58.1 Å². The summed E-state index contributed by atoms with van der Waals surface area (Å²) in [7, 11) is 1.50. The molecule has 1 N–H and O–H groups in total. The highest BCUT2D eigenvalue weighted by Crippen LogP contribution is 2.34. The molecule has 0 spiro atoms. The zero-order valence-electron chi connectivity index (χ0n) is 11.0. The summed E-state index contributed by atoms with van der Waals surface area (Å²) in [5.74, 6) is -0.494. The first-order valence-electron chi connectivity index (χ1n) is 5.85. The second-order valence-corrected chi connectivity index (χ2v) is 5.14. The third-order valence-electron chi connectivity index (χ3n) is 2.69. The van der Waals surface area contributed by atoms with Crippen LogP contribution in [0.5, 0.6) is 5.75 Å². The second kappa shape index (κ2) is 6.27. The van der Waals surface area contributed by atoms with Crippen LogP contribution in [-0.4, -0.2) is 23.1 Å². The number of non-ortho nitro benzene ring substituents is 1. The minimum Gasteiger partial charge on any atom is -0.497 e. The van der Waals surface area contributed by atoms with Crippen LogP contribution in [0.3, 0.4) is 0 Å². The van der Waals surface area contributed by atoms with Crippen molar-refractivity contribution in [3.8, 4) is 5.75 Å². The number of carbonyl (C=O) groups is 1. The van der Waals surface area contributed by atoms with E-state index in [0.29, 0.717) is 15.5 Å². The molecule has 0 radical (unpaired) electrons. The molecule has 2 aromatic rings. The molecule has 6 nitrogen and oxygen atoms in total. The summed E-state index contributed by atoms with van der Waals surface area (Å²) in [6.45, 7) is 0. The number of nitro groups is 1. The average molecular weight is 305 g/mol. The van der Waals surface area contributed by atoms with Gasteiger partial charge >= 0.3 is 5.97 Å². The standard InChI is InChI=1S/C14H11NO5S/c1-20-10-4-7-12(14(16)17)13(8-10)21-11-5-2-9(3-6-11)15(18)19/h2-8H,1H3,(H,16,17). The Kier molecular flexibility index (Phi) is 4.44. The number of methoxy groups -OCH3 is 1. The topological polar surface area (TPSA) is 89.7 Å². The van der Waals surface area contributed by atoms with Crippen molar-refractivity contribution in [3.63, 3.8) is 0 Å². The first kappa shape index (κ1) is 14.9. The Hall–Kier alpha value is -2.54. The van der Waals surface area contributed by atoms with Crippen molar-refractivity contribution < 1.29 is 19.6 Å². The molecule has 108 valence electrons. The zero-order chi connectivity index (χ0) is 15.4. The highest BCUT2D eigenvalue weighted by Gasteiger charge is 2.13. The fourth-order valence-electron chi connectivity index (χ4n) is 1.65. The largest absolute Gasteiger partial charge is 0.497 e. The lowest BCUT2D eigenvalue weighted by Crippen LogP contribution is -1.99. The van der Waals surface area contributed by atoms with E-state index in [-0.39, 0.29) is 11.3 Å². The number of carboxylic acid groups (broad SMARTS) is 1. The van der Waals surface area contributed by atoms with E-state index in [1.165, 1.54) is 37.1 Å². The molecule has 21 heavy (non-hydrogen) atoms. The molecular formula is C14H11NO5S. The van der Waals surface area contributed by atoms with E-state index in [2.05, 4.69) is 0 Å². The molecular weight excluding hydrogens is 294 g/mol. The van der Waals surface area contributed by atoms with E-state index in [1.54, 1.807) is 24.3 Å². The van der Waals surface area contributed by atoms with Crippen molar-refractivity contribution in [2.45, 2.75) is 9.79 Å². The van der Waals surface area contributed by atoms with Gasteiger partial charge in [-0.05, 0) is 30.3 Å². The highest BCUT2D eigenvalue weighted by molar-refractivity contribution is 7.99. The Morgan fingerprint density at radius 2 is 1.90 bits per heavy atom. The summed E-state index contributed by atoms with van der Waals surface area (Å²) in [6, 6.07) is 10.6. The van der Waals surface area contributed by atoms with Gasteiger partial charge in [0.1, 0.15) is 5.75 Å². The fraction of sp³-hybridized carbons (Fsp3) is 0.0714. The van der Waals surface area contributed by atoms with E-state index >= 15 is 0 Å². The van der Waals surface area contributed by atoms with E-state index < -0.39 is 10.9 Å². The summed E-state index contributed by atoms with van der Waals surface area (Å²) < 4.78 is 5.08. The van der Waals surface area contributed by atoms with Gasteiger partial charge < -0.3 is 9.84 Å². The van der Waals surface area contributed by atoms with Crippen LogP contribution in [0.25, 0.3) is 0 Å². The number of ether oxygens (including phenoxy) is 1. The van der Waals surface area contributed by atoms with Gasteiger partial charge in [0.2, 0.25) is 0 Å². The van der Waals surface area contributed by atoms with Crippen LogP contribution in [0.2, 0.25) is 0 Å². The van der Waals surface area contributed by atoms with Crippen LogP contribution < -0.4 is 4.74 Å². The summed E-state index contributed by atoms with van der Waals surface area (Å²) >= 11 is 1.21. The maximum atomic E-state index is 11.2. The lowest BCUT2D eigenvalue weighted by Gasteiger charge is -2.08. The first-order chi connectivity index (χ1) is 10.0. The molecule has 0 unspecified atom stereocenters. The third kappa shape index (κ3) is 3.51. The first-order valence-corrected chi connectivity index (χ1v) is 6.66. The molecule has 2 aromatic carbocycles. The lowest BCUT2D eigenvalue weighted by molar-refractivity contribution is -0.384. The van der Waals surface area contributed by atoms with Gasteiger partial charge in [-0.25, -0.2) is 4.79 Å². The fourth-order valence-corrected chi connectivity index (χ4v) is 2.62. The maximum absolute atomic E-state index is 11.2. The minimum atomic E-state index is -1.04. The van der Waals surface area contributed by atoms with Gasteiger partial charge in [0.25, 0.3) is 5.69 Å². The van der Waals surface area contributed by atoms with E-state index in [4.69, 9.17) is 4.74 Å². The molecule has 0 atom stereocenters. The SMILES string of the molecule is COc1ccc(C(=O)O)c(Sc2ccc([N+](=O)[O-])cc2)c1. The molecule has 0 saturated carbocycles. The van der Waals surface area contributed by atoms with Gasteiger partial charge in [-0.3, -0.25) is 10.1 Å². The quantitative estimate of drug-likeness (QED) is 0.672. The molecule has 0 fully saturated rings. The van der Waals surface area contributed by atoms with Crippen molar-refractivity contribution in [2.75, 3.05) is 7.11 Å². The van der Waals surface area contributed by atoms with Crippen molar-refractivity contribution in [1.29, 1.82) is 0 Å². The Bertz CT molecular complexity index is 684. The van der Waals surface area contributed by atoms with Gasteiger partial charge in [-0.2, -0.15) is 0 Å². The predicted molar refractivity (Wildman–Crippen MR) is 77.2 cm³/mol. The maximum Gasteiger partial charge on any atom is 0.336 e. The number of carboxylic acids is 1. The molecule has 0 saturated heterocycles. The van der Waals surface area contributed by atoms with Crippen LogP contribution in [0.15, 0.2) is 52.3 Å². The van der Waals surface area contributed by atoms with Gasteiger partial charge in [-0.1, -0.05) is 11.8 Å². The molecule has 0 aliphatic carbocycles. The number of benzene rings is 2. The predicted octanol–water partition coefficient (Wildman–Crippen LogP) is 3.45. The molecule has 0 heterocycles. The van der Waals surface area contributed by atoms with Crippen LogP contribution in [0, 0.1) is 10.1 Å². The molecule has 0 aromatic heterocycles. The van der Waals surface area contributed by atoms with Gasteiger partial charge in [0.05, 0.1) is 17.6 Å². The van der Waals surface area contributed by atoms with Crippen LogP contribution in [0.4, 0.5) is 5.69 Å². The highest BCUT2D eigenvalue weighted by atomic mass is 32.2. The Balaban J connectivity index is 2.33. The number of nitro benzene ring substituents is 1. The lowest BCUT2D eigenvalue weighted by atomic mass is 10.2. The summed E-state index contributed by atoms with van der Waals surface area (Å²) in [5.41, 5.74) is 0.141. The Morgan fingerprint density at radius 3 is 2.43 bits per heavy atom. The normalized spacial score (nSPS) is 10.1. The number of nitrogens with zero attached hydrogens (tertiary/aromatic N) is 1. The summed E-state index contributed by atoms with van der Waals surface area (Å²) in [6.07, 6.45) is 0. The molecule has 0 aliphatic rings. The van der Waals surface area contributed by atoms with Crippen LogP contribution in [-0.2, 0) is 0 Å². The van der Waals surface area contributed by atoms with Gasteiger partial charge in [0, 0.05) is 21.9 Å². The van der Waals surface area contributed by atoms with E-state index in [0.717, 1.165) is 0 Å². The minimum absolute atomic E-state index is 0.0107. The molecule has 0 aliphatic heterocycles. The van der Waals surface area contributed by atoms with Gasteiger partial charge in [0.15, 0.2) is 0 Å². The summed E-state index contributed by atoms with van der Waals surface area (Å²) in [5, 5.41) is 19.8. The second-order valence-electron chi connectivity index (χ2n) is 4.02. The van der Waals surface area contributed by atoms with Crippen molar-refractivity contribution in [1.82, 2.24) is 0 Å². The molecule has 2 rings (SSSR count).